The molecule has 0 heterocycles. The molecule has 14 heavy (non-hydrogen) atoms. The van der Waals surface area contributed by atoms with Crippen LogP contribution in [0.4, 0.5) is 0 Å². The van der Waals surface area contributed by atoms with Crippen molar-refractivity contribution in [1.29, 1.82) is 0 Å². The SMILES string of the molecule is NN.NN.O.O.O=C(O)CCC(=O)O. The molecule has 0 saturated carbocycles. The summed E-state index contributed by atoms with van der Waals surface area (Å²) in [7, 11) is 0. The lowest BCUT2D eigenvalue weighted by Gasteiger charge is -1.85. The molecule has 0 fully saturated rings. The molecular formula is C4H18N4O6. The standard InChI is InChI=1S/C4H6O4.2H4N2.2H2O/c5-3(6)1-2-4(7)8;2*1-2;;/h1-2H2,(H,5,6)(H,7,8);2*1-2H2;2*1H2. The van der Waals surface area contributed by atoms with E-state index in [4.69, 9.17) is 10.2 Å². The van der Waals surface area contributed by atoms with E-state index in [2.05, 4.69) is 23.4 Å². The number of hydrogen-bond acceptors (Lipinski definition) is 6. The lowest BCUT2D eigenvalue weighted by atomic mass is 10.3. The van der Waals surface area contributed by atoms with Crippen molar-refractivity contribution in [3.05, 3.63) is 0 Å². The van der Waals surface area contributed by atoms with Gasteiger partial charge in [0.1, 0.15) is 0 Å². The third-order valence-electron chi connectivity index (χ3n) is 0.553. The first-order valence-corrected chi connectivity index (χ1v) is 2.73. The van der Waals surface area contributed by atoms with E-state index in [1.807, 2.05) is 0 Å². The lowest BCUT2D eigenvalue weighted by Crippen LogP contribution is -2.02. The Morgan fingerprint density at radius 1 is 0.786 bits per heavy atom. The number of hydrogen-bond donors (Lipinski definition) is 6. The second kappa shape index (κ2) is 29.8. The molecule has 14 N–H and O–H groups in total. The van der Waals surface area contributed by atoms with E-state index < -0.39 is 11.9 Å². The van der Waals surface area contributed by atoms with Crippen LogP contribution in [0.2, 0.25) is 0 Å². The summed E-state index contributed by atoms with van der Waals surface area (Å²) in [5, 5.41) is 15.8. The monoisotopic (exact) mass is 218 g/mol. The number of rotatable bonds is 3. The van der Waals surface area contributed by atoms with E-state index in [1.165, 1.54) is 0 Å². The molecule has 0 radical (unpaired) electrons. The highest BCUT2D eigenvalue weighted by Crippen LogP contribution is 1.85. The molecule has 0 unspecified atom stereocenters. The van der Waals surface area contributed by atoms with Gasteiger partial charge in [0, 0.05) is 0 Å². The predicted molar refractivity (Wildman–Crippen MR) is 48.5 cm³/mol. The van der Waals surface area contributed by atoms with E-state index in [1.54, 1.807) is 0 Å². The topological polar surface area (TPSA) is 242 Å². The molecular weight excluding hydrogens is 200 g/mol. The average Bonchev–Trinajstić information content (AvgIpc) is 2.08. The van der Waals surface area contributed by atoms with Crippen LogP contribution in [0.25, 0.3) is 0 Å². The molecule has 10 nitrogen and oxygen atoms in total. The van der Waals surface area contributed by atoms with E-state index in [-0.39, 0.29) is 23.8 Å². The van der Waals surface area contributed by atoms with Crippen molar-refractivity contribution in [1.82, 2.24) is 0 Å². The normalized spacial score (nSPS) is 5.71. The van der Waals surface area contributed by atoms with Gasteiger partial charge in [-0.25, -0.2) is 0 Å². The van der Waals surface area contributed by atoms with Gasteiger partial charge in [0.15, 0.2) is 0 Å². The van der Waals surface area contributed by atoms with Crippen LogP contribution in [0.3, 0.4) is 0 Å². The minimum Gasteiger partial charge on any atom is -0.481 e. The fourth-order valence-corrected chi connectivity index (χ4v) is 0.214. The summed E-state index contributed by atoms with van der Waals surface area (Å²) in [5.74, 6) is 13.8. The molecule has 0 spiro atoms. The van der Waals surface area contributed by atoms with Crippen molar-refractivity contribution < 1.29 is 30.8 Å². The molecule has 10 heteroatoms. The van der Waals surface area contributed by atoms with E-state index in [9.17, 15) is 9.59 Å². The molecule has 0 rings (SSSR count). The Kier molecular flexibility index (Phi) is 62.5. The van der Waals surface area contributed by atoms with Gasteiger partial charge in [-0.1, -0.05) is 0 Å². The number of carboxylic acid groups (broad SMARTS) is 2. The molecule has 0 aliphatic rings. The molecule has 0 saturated heterocycles. The Balaban J connectivity index is -0.0000000400. The van der Waals surface area contributed by atoms with Gasteiger partial charge in [0.25, 0.3) is 0 Å². The van der Waals surface area contributed by atoms with Crippen LogP contribution in [-0.2, 0) is 9.59 Å². The maximum atomic E-state index is 9.64. The number of hydrazine groups is 2. The minimum absolute atomic E-state index is 0. The Hall–Kier alpha value is -1.30. The highest BCUT2D eigenvalue weighted by Gasteiger charge is 2.00. The summed E-state index contributed by atoms with van der Waals surface area (Å²) in [6, 6.07) is 0. The quantitative estimate of drug-likeness (QED) is 0.200. The smallest absolute Gasteiger partial charge is 0.303 e. The van der Waals surface area contributed by atoms with Crippen LogP contribution in [0.15, 0.2) is 0 Å². The Morgan fingerprint density at radius 2 is 0.929 bits per heavy atom. The summed E-state index contributed by atoms with van der Waals surface area (Å²) in [4.78, 5) is 19.3. The number of carboxylic acids is 2. The summed E-state index contributed by atoms with van der Waals surface area (Å²) in [5.41, 5.74) is 0. The van der Waals surface area contributed by atoms with Crippen LogP contribution in [0.5, 0.6) is 0 Å². The van der Waals surface area contributed by atoms with Crippen LogP contribution >= 0.6 is 0 Å². The largest absolute Gasteiger partial charge is 0.481 e. The third kappa shape index (κ3) is 73.5. The maximum Gasteiger partial charge on any atom is 0.303 e. The van der Waals surface area contributed by atoms with Crippen LogP contribution in [0, 0.1) is 0 Å². The molecule has 0 bridgehead atoms. The summed E-state index contributed by atoms with van der Waals surface area (Å²) >= 11 is 0. The van der Waals surface area contributed by atoms with Crippen LogP contribution < -0.4 is 23.4 Å². The van der Waals surface area contributed by atoms with E-state index in [0.717, 1.165) is 0 Å². The Bertz CT molecular complexity index is 106. The molecule has 0 amide bonds. The number of nitrogens with two attached hydrogens (primary N) is 4. The zero-order chi connectivity index (χ0) is 10.6. The third-order valence-corrected chi connectivity index (χ3v) is 0.553. The second-order valence-corrected chi connectivity index (χ2v) is 1.29. The molecule has 90 valence electrons. The van der Waals surface area contributed by atoms with Crippen LogP contribution in [-0.4, -0.2) is 33.1 Å². The average molecular weight is 218 g/mol. The van der Waals surface area contributed by atoms with Crippen molar-refractivity contribution in [2.75, 3.05) is 0 Å². The Labute approximate surface area is 80.0 Å². The summed E-state index contributed by atoms with van der Waals surface area (Å²) in [6.07, 6.45) is -0.593. The first kappa shape index (κ1) is 29.3. The minimum atomic E-state index is -1.08. The molecule has 0 aliphatic carbocycles. The molecule has 0 atom stereocenters. The van der Waals surface area contributed by atoms with Gasteiger partial charge >= 0.3 is 11.9 Å². The van der Waals surface area contributed by atoms with Crippen molar-refractivity contribution >= 4 is 11.9 Å². The van der Waals surface area contributed by atoms with Crippen molar-refractivity contribution in [3.63, 3.8) is 0 Å². The van der Waals surface area contributed by atoms with Gasteiger partial charge in [-0.15, -0.1) is 0 Å². The van der Waals surface area contributed by atoms with Crippen molar-refractivity contribution in [2.45, 2.75) is 12.8 Å². The summed E-state index contributed by atoms with van der Waals surface area (Å²) in [6.45, 7) is 0. The van der Waals surface area contributed by atoms with Gasteiger partial charge in [0.05, 0.1) is 12.8 Å². The number of carbonyl (C=O) groups is 2. The lowest BCUT2D eigenvalue weighted by molar-refractivity contribution is -0.143. The molecule has 0 aromatic rings. The van der Waals surface area contributed by atoms with Crippen molar-refractivity contribution in [2.24, 2.45) is 23.4 Å². The maximum absolute atomic E-state index is 9.64. The fourth-order valence-electron chi connectivity index (χ4n) is 0.214. The number of aliphatic carboxylic acids is 2. The zero-order valence-electron chi connectivity index (χ0n) is 7.43. The first-order chi connectivity index (χ1) is 5.63. The predicted octanol–water partition coefficient (Wildman–Crippen LogP) is -4.08. The van der Waals surface area contributed by atoms with E-state index in [0.29, 0.717) is 0 Å². The highest BCUT2D eigenvalue weighted by atomic mass is 16.4. The molecule has 0 aliphatic heterocycles. The summed E-state index contributed by atoms with van der Waals surface area (Å²) < 4.78 is 0. The Morgan fingerprint density at radius 3 is 1.00 bits per heavy atom. The van der Waals surface area contributed by atoms with Gasteiger partial charge in [-0.2, -0.15) is 0 Å². The van der Waals surface area contributed by atoms with E-state index >= 15 is 0 Å². The van der Waals surface area contributed by atoms with Crippen LogP contribution in [0.1, 0.15) is 12.8 Å². The molecule has 0 aromatic heterocycles. The van der Waals surface area contributed by atoms with Gasteiger partial charge < -0.3 is 21.2 Å². The molecule has 0 aromatic carbocycles. The van der Waals surface area contributed by atoms with Gasteiger partial charge in [-0.3, -0.25) is 33.0 Å². The first-order valence-electron chi connectivity index (χ1n) is 2.73. The van der Waals surface area contributed by atoms with Gasteiger partial charge in [-0.05, 0) is 0 Å². The zero-order valence-corrected chi connectivity index (χ0v) is 7.43. The fraction of sp³-hybridized carbons (Fsp3) is 0.500. The second-order valence-electron chi connectivity index (χ2n) is 1.29. The van der Waals surface area contributed by atoms with Crippen molar-refractivity contribution in [3.8, 4) is 0 Å². The highest BCUT2D eigenvalue weighted by molar-refractivity contribution is 5.75. The van der Waals surface area contributed by atoms with Gasteiger partial charge in [0.2, 0.25) is 0 Å².